The number of benzene rings is 3. The van der Waals surface area contributed by atoms with Gasteiger partial charge in [0.25, 0.3) is 5.91 Å². The first kappa shape index (κ1) is 25.1. The van der Waals surface area contributed by atoms with Gasteiger partial charge in [-0.3, -0.25) is 4.79 Å². The number of amides is 1. The molecule has 0 radical (unpaired) electrons. The van der Waals surface area contributed by atoms with Gasteiger partial charge in [0.15, 0.2) is 0 Å². The molecule has 0 aliphatic rings. The maximum absolute atomic E-state index is 12.4. The van der Waals surface area contributed by atoms with Crippen molar-refractivity contribution in [3.63, 3.8) is 0 Å². The van der Waals surface area contributed by atoms with Gasteiger partial charge in [-0.25, -0.2) is 9.59 Å². The minimum atomic E-state index is -1.82. The summed E-state index contributed by atoms with van der Waals surface area (Å²) in [5.41, 5.74) is 4.79. The van der Waals surface area contributed by atoms with E-state index in [1.54, 1.807) is 7.11 Å². The third-order valence-electron chi connectivity index (χ3n) is 4.52. The van der Waals surface area contributed by atoms with Crippen molar-refractivity contribution < 1.29 is 29.3 Å². The third kappa shape index (κ3) is 8.47. The Morgan fingerprint density at radius 3 is 2.15 bits per heavy atom. The Balaban J connectivity index is 0.000000569. The van der Waals surface area contributed by atoms with E-state index >= 15 is 0 Å². The Kier molecular flexibility index (Phi) is 9.60. The molecule has 1 amide bonds. The summed E-state index contributed by atoms with van der Waals surface area (Å²) in [6.07, 6.45) is 0. The zero-order valence-electron chi connectivity index (χ0n) is 18.4. The number of aryl methyl sites for hydroxylation is 1. The molecule has 4 N–H and O–H groups in total. The van der Waals surface area contributed by atoms with Crippen molar-refractivity contribution in [2.75, 3.05) is 12.4 Å². The second-order valence-electron chi connectivity index (χ2n) is 7.05. The van der Waals surface area contributed by atoms with Crippen LogP contribution >= 0.6 is 0 Å². The predicted octanol–water partition coefficient (Wildman–Crippen LogP) is 3.70. The van der Waals surface area contributed by atoms with Crippen LogP contribution in [-0.2, 0) is 22.7 Å². The molecule has 3 rings (SSSR count). The standard InChI is InChI=1S/C23H24N2O2.C2H2O4/c1-17-10-12-19(13-11-17)23(26)25-21-8-5-6-18(14-21)15-24-16-20-7-3-4-9-22(20)27-2;3-1(4)2(5)6/h3-14,24H,15-16H2,1-2H3,(H,25,26);(H,3,4)(H,5,6). The number of carboxylic acids is 2. The Labute approximate surface area is 191 Å². The van der Waals surface area contributed by atoms with Gasteiger partial charge in [-0.2, -0.15) is 0 Å². The van der Waals surface area contributed by atoms with E-state index in [4.69, 9.17) is 24.5 Å². The van der Waals surface area contributed by atoms with Crippen LogP contribution in [0.2, 0.25) is 0 Å². The summed E-state index contributed by atoms with van der Waals surface area (Å²) in [5, 5.41) is 21.2. The summed E-state index contributed by atoms with van der Waals surface area (Å²) in [7, 11) is 1.68. The van der Waals surface area contributed by atoms with E-state index < -0.39 is 11.9 Å². The van der Waals surface area contributed by atoms with Crippen LogP contribution in [-0.4, -0.2) is 35.2 Å². The first-order valence-electron chi connectivity index (χ1n) is 10.1. The number of anilines is 1. The summed E-state index contributed by atoms with van der Waals surface area (Å²) in [4.78, 5) is 30.6. The Morgan fingerprint density at radius 2 is 1.52 bits per heavy atom. The first-order valence-corrected chi connectivity index (χ1v) is 10.1. The summed E-state index contributed by atoms with van der Waals surface area (Å²) in [5.74, 6) is -2.87. The maximum atomic E-state index is 12.4. The van der Waals surface area contributed by atoms with Gasteiger partial charge < -0.3 is 25.6 Å². The van der Waals surface area contributed by atoms with E-state index in [2.05, 4.69) is 10.6 Å². The summed E-state index contributed by atoms with van der Waals surface area (Å²) >= 11 is 0. The van der Waals surface area contributed by atoms with E-state index in [9.17, 15) is 4.79 Å². The highest BCUT2D eigenvalue weighted by Crippen LogP contribution is 2.17. The molecule has 0 spiro atoms. The van der Waals surface area contributed by atoms with Crippen LogP contribution in [0.5, 0.6) is 5.75 Å². The van der Waals surface area contributed by atoms with Gasteiger partial charge in [0.2, 0.25) is 0 Å². The highest BCUT2D eigenvalue weighted by molar-refractivity contribution is 6.27. The van der Waals surface area contributed by atoms with Gasteiger partial charge in [0.1, 0.15) is 5.75 Å². The van der Waals surface area contributed by atoms with Crippen LogP contribution in [0.4, 0.5) is 5.69 Å². The summed E-state index contributed by atoms with van der Waals surface area (Å²) in [6.45, 7) is 3.42. The molecule has 0 saturated carbocycles. The van der Waals surface area contributed by atoms with Crippen LogP contribution in [0.15, 0.2) is 72.8 Å². The highest BCUT2D eigenvalue weighted by atomic mass is 16.5. The molecule has 0 fully saturated rings. The number of carbonyl (C=O) groups is 3. The fraction of sp³-hybridized carbons (Fsp3) is 0.160. The number of rotatable bonds is 7. The van der Waals surface area contributed by atoms with E-state index in [0.29, 0.717) is 18.7 Å². The number of ether oxygens (including phenoxy) is 1. The highest BCUT2D eigenvalue weighted by Gasteiger charge is 2.07. The predicted molar refractivity (Wildman–Crippen MR) is 124 cm³/mol. The lowest BCUT2D eigenvalue weighted by Crippen LogP contribution is -2.14. The molecule has 3 aromatic rings. The lowest BCUT2D eigenvalue weighted by atomic mass is 10.1. The van der Waals surface area contributed by atoms with E-state index in [-0.39, 0.29) is 5.91 Å². The van der Waals surface area contributed by atoms with Gasteiger partial charge in [-0.15, -0.1) is 0 Å². The number of carbonyl (C=O) groups excluding carboxylic acids is 1. The normalized spacial score (nSPS) is 9.88. The lowest BCUT2D eigenvalue weighted by molar-refractivity contribution is -0.159. The van der Waals surface area contributed by atoms with E-state index in [1.165, 1.54) is 0 Å². The molecule has 0 heterocycles. The van der Waals surface area contributed by atoms with Crippen LogP contribution in [0.3, 0.4) is 0 Å². The molecule has 172 valence electrons. The van der Waals surface area contributed by atoms with E-state index in [0.717, 1.165) is 28.1 Å². The number of carboxylic acid groups (broad SMARTS) is 2. The molecule has 33 heavy (non-hydrogen) atoms. The van der Waals surface area contributed by atoms with E-state index in [1.807, 2.05) is 79.7 Å². The second-order valence-corrected chi connectivity index (χ2v) is 7.05. The number of para-hydroxylation sites is 1. The Morgan fingerprint density at radius 1 is 0.848 bits per heavy atom. The van der Waals surface area contributed by atoms with Crippen molar-refractivity contribution in [1.82, 2.24) is 5.32 Å². The Hall–Kier alpha value is -4.17. The van der Waals surface area contributed by atoms with Gasteiger partial charge >= 0.3 is 11.9 Å². The number of hydrogen-bond donors (Lipinski definition) is 4. The van der Waals surface area contributed by atoms with Crippen molar-refractivity contribution in [2.24, 2.45) is 0 Å². The monoisotopic (exact) mass is 450 g/mol. The molecule has 0 aromatic heterocycles. The van der Waals surface area contributed by atoms with Gasteiger partial charge in [0, 0.05) is 29.9 Å². The molecule has 0 atom stereocenters. The molecule has 8 nitrogen and oxygen atoms in total. The second kappa shape index (κ2) is 12.6. The fourth-order valence-corrected chi connectivity index (χ4v) is 2.86. The van der Waals surface area contributed by atoms with Crippen LogP contribution < -0.4 is 15.4 Å². The van der Waals surface area contributed by atoms with Crippen LogP contribution in [0.1, 0.15) is 27.0 Å². The topological polar surface area (TPSA) is 125 Å². The van der Waals surface area contributed by atoms with Crippen molar-refractivity contribution in [1.29, 1.82) is 0 Å². The third-order valence-corrected chi connectivity index (χ3v) is 4.52. The average molecular weight is 450 g/mol. The zero-order valence-corrected chi connectivity index (χ0v) is 18.4. The molecule has 0 aliphatic carbocycles. The molecule has 0 saturated heterocycles. The number of nitrogens with one attached hydrogen (secondary N) is 2. The number of hydrogen-bond acceptors (Lipinski definition) is 5. The van der Waals surface area contributed by atoms with Crippen LogP contribution in [0.25, 0.3) is 0 Å². The van der Waals surface area contributed by atoms with Crippen LogP contribution in [0, 0.1) is 6.92 Å². The minimum Gasteiger partial charge on any atom is -0.496 e. The molecular formula is C25H26N2O6. The molecular weight excluding hydrogens is 424 g/mol. The SMILES string of the molecule is COc1ccccc1CNCc1cccc(NC(=O)c2ccc(C)cc2)c1.O=C(O)C(=O)O. The van der Waals surface area contributed by atoms with Crippen molar-refractivity contribution in [2.45, 2.75) is 20.0 Å². The summed E-state index contributed by atoms with van der Waals surface area (Å²) < 4.78 is 5.37. The molecule has 8 heteroatoms. The first-order chi connectivity index (χ1) is 15.8. The van der Waals surface area contributed by atoms with Crippen molar-refractivity contribution >= 4 is 23.5 Å². The van der Waals surface area contributed by atoms with Gasteiger partial charge in [0.05, 0.1) is 7.11 Å². The largest absolute Gasteiger partial charge is 0.496 e. The Bertz CT molecular complexity index is 1080. The maximum Gasteiger partial charge on any atom is 0.414 e. The lowest BCUT2D eigenvalue weighted by Gasteiger charge is -2.11. The van der Waals surface area contributed by atoms with Crippen molar-refractivity contribution in [3.8, 4) is 5.75 Å². The fourth-order valence-electron chi connectivity index (χ4n) is 2.86. The quantitative estimate of drug-likeness (QED) is 0.405. The van der Waals surface area contributed by atoms with Gasteiger partial charge in [-0.05, 0) is 42.8 Å². The molecule has 3 aromatic carbocycles. The number of aliphatic carboxylic acids is 2. The average Bonchev–Trinajstić information content (AvgIpc) is 2.80. The zero-order chi connectivity index (χ0) is 24.2. The minimum absolute atomic E-state index is 0.103. The number of methoxy groups -OCH3 is 1. The smallest absolute Gasteiger partial charge is 0.414 e. The molecule has 0 aliphatic heterocycles. The van der Waals surface area contributed by atoms with Gasteiger partial charge in [-0.1, -0.05) is 48.0 Å². The summed E-state index contributed by atoms with van der Waals surface area (Å²) in [6, 6.07) is 23.4. The molecule has 0 bridgehead atoms. The molecule has 0 unspecified atom stereocenters. The van der Waals surface area contributed by atoms with Crippen molar-refractivity contribution in [3.05, 3.63) is 95.1 Å².